The summed E-state index contributed by atoms with van der Waals surface area (Å²) in [5.74, 6) is -0.678. The summed E-state index contributed by atoms with van der Waals surface area (Å²) in [6.45, 7) is -0.247. The Morgan fingerprint density at radius 1 is 1.12 bits per heavy atom. The Morgan fingerprint density at radius 2 is 1.91 bits per heavy atom. The second-order valence-corrected chi connectivity index (χ2v) is 7.02. The number of fused-ring (bicyclic) bond motifs is 1. The molecule has 0 atom stereocenters. The predicted molar refractivity (Wildman–Crippen MR) is 110 cm³/mol. The van der Waals surface area contributed by atoms with Crippen LogP contribution in [0.5, 0.6) is 11.5 Å². The molecule has 7 nitrogen and oxygen atoms in total. The SMILES string of the molecule is COc1ccc(F)c(CCn2c(-c3ncccc3O)nc3ccnc(C(F)(F)F)c3c2=O)c1. The van der Waals surface area contributed by atoms with Gasteiger partial charge in [-0.1, -0.05) is 0 Å². The van der Waals surface area contributed by atoms with Crippen molar-refractivity contribution in [3.63, 3.8) is 0 Å². The second-order valence-electron chi connectivity index (χ2n) is 7.02. The first kappa shape index (κ1) is 22.2. The molecular formula is C22H16F4N4O3. The van der Waals surface area contributed by atoms with E-state index in [1.54, 1.807) is 0 Å². The van der Waals surface area contributed by atoms with Gasteiger partial charge in [0.1, 0.15) is 23.0 Å². The fourth-order valence-electron chi connectivity index (χ4n) is 3.44. The minimum absolute atomic E-state index is 0.0711. The van der Waals surface area contributed by atoms with Crippen molar-refractivity contribution < 1.29 is 27.4 Å². The topological polar surface area (TPSA) is 90.1 Å². The Labute approximate surface area is 184 Å². The van der Waals surface area contributed by atoms with E-state index in [4.69, 9.17) is 4.74 Å². The van der Waals surface area contributed by atoms with Crippen molar-refractivity contribution in [1.29, 1.82) is 0 Å². The molecule has 1 aromatic carbocycles. The highest BCUT2D eigenvalue weighted by Gasteiger charge is 2.36. The zero-order valence-electron chi connectivity index (χ0n) is 17.1. The first-order chi connectivity index (χ1) is 15.7. The van der Waals surface area contributed by atoms with Crippen LogP contribution >= 0.6 is 0 Å². The molecule has 0 unspecified atom stereocenters. The van der Waals surface area contributed by atoms with Gasteiger partial charge < -0.3 is 9.84 Å². The number of halogens is 4. The van der Waals surface area contributed by atoms with Gasteiger partial charge in [-0.05, 0) is 48.4 Å². The summed E-state index contributed by atoms with van der Waals surface area (Å²) in [5.41, 5.74) is -2.60. The molecule has 33 heavy (non-hydrogen) atoms. The number of aryl methyl sites for hydroxylation is 1. The lowest BCUT2D eigenvalue weighted by Gasteiger charge is -2.16. The van der Waals surface area contributed by atoms with Gasteiger partial charge in [-0.25, -0.2) is 14.4 Å². The molecule has 4 aromatic rings. The van der Waals surface area contributed by atoms with Gasteiger partial charge in [-0.2, -0.15) is 13.2 Å². The van der Waals surface area contributed by atoms with E-state index in [1.807, 2.05) is 0 Å². The number of hydrogen-bond acceptors (Lipinski definition) is 6. The van der Waals surface area contributed by atoms with Crippen LogP contribution in [0.3, 0.4) is 0 Å². The molecule has 3 aromatic heterocycles. The van der Waals surface area contributed by atoms with Crippen molar-refractivity contribution in [1.82, 2.24) is 19.5 Å². The van der Waals surface area contributed by atoms with Crippen LogP contribution in [0.1, 0.15) is 11.3 Å². The molecule has 0 spiro atoms. The van der Waals surface area contributed by atoms with Crippen LogP contribution in [0.25, 0.3) is 22.4 Å². The van der Waals surface area contributed by atoms with Gasteiger partial charge in [-0.3, -0.25) is 14.3 Å². The molecule has 0 saturated carbocycles. The first-order valence-corrected chi connectivity index (χ1v) is 9.64. The molecule has 0 aliphatic heterocycles. The van der Waals surface area contributed by atoms with E-state index < -0.39 is 28.6 Å². The lowest BCUT2D eigenvalue weighted by atomic mass is 10.1. The van der Waals surface area contributed by atoms with Crippen LogP contribution in [0, 0.1) is 5.82 Å². The molecule has 0 saturated heterocycles. The molecule has 170 valence electrons. The number of rotatable bonds is 5. The van der Waals surface area contributed by atoms with E-state index in [9.17, 15) is 27.5 Å². The van der Waals surface area contributed by atoms with Gasteiger partial charge in [0.15, 0.2) is 11.5 Å². The molecule has 4 rings (SSSR count). The molecule has 3 heterocycles. The molecule has 0 aliphatic carbocycles. The largest absolute Gasteiger partial charge is 0.506 e. The lowest BCUT2D eigenvalue weighted by molar-refractivity contribution is -0.139. The molecule has 11 heteroatoms. The predicted octanol–water partition coefficient (Wildman–Crippen LogP) is 3.97. The monoisotopic (exact) mass is 460 g/mol. The summed E-state index contributed by atoms with van der Waals surface area (Å²) in [6, 6.07) is 7.95. The second kappa shape index (κ2) is 8.49. The maximum Gasteiger partial charge on any atom is 0.434 e. The fourth-order valence-corrected chi connectivity index (χ4v) is 3.44. The van der Waals surface area contributed by atoms with Crippen molar-refractivity contribution in [2.75, 3.05) is 7.11 Å². The van der Waals surface area contributed by atoms with Crippen molar-refractivity contribution >= 4 is 10.9 Å². The molecule has 0 radical (unpaired) electrons. The zero-order chi connectivity index (χ0) is 23.8. The third kappa shape index (κ3) is 4.21. The molecule has 0 amide bonds. The van der Waals surface area contributed by atoms with Gasteiger partial charge >= 0.3 is 6.18 Å². The van der Waals surface area contributed by atoms with Crippen LogP contribution in [0.2, 0.25) is 0 Å². The van der Waals surface area contributed by atoms with Crippen molar-refractivity contribution in [3.8, 4) is 23.0 Å². The van der Waals surface area contributed by atoms with Crippen LogP contribution in [0.4, 0.5) is 17.6 Å². The number of methoxy groups -OCH3 is 1. The minimum atomic E-state index is -4.90. The van der Waals surface area contributed by atoms with E-state index in [0.29, 0.717) is 5.75 Å². The number of aromatic hydroxyl groups is 1. The average Bonchev–Trinajstić information content (AvgIpc) is 2.78. The smallest absolute Gasteiger partial charge is 0.434 e. The Bertz CT molecular complexity index is 1400. The van der Waals surface area contributed by atoms with Gasteiger partial charge in [0.05, 0.1) is 18.0 Å². The van der Waals surface area contributed by atoms with E-state index in [2.05, 4.69) is 15.0 Å². The zero-order valence-corrected chi connectivity index (χ0v) is 17.1. The van der Waals surface area contributed by atoms with E-state index in [0.717, 1.165) is 10.8 Å². The standard InChI is InChI=1S/C22H16F4N4O3/c1-33-13-4-5-14(23)12(11-13)7-10-30-20(18-16(31)3-2-8-27-18)29-15-6-9-28-19(22(24,25)26)17(15)21(30)32/h2-6,8-9,11,31H,7,10H2,1H3. The molecule has 0 aliphatic rings. The quantitative estimate of drug-likeness (QED) is 0.454. The number of alkyl halides is 3. The maximum atomic E-state index is 14.3. The number of aromatic nitrogens is 4. The summed E-state index contributed by atoms with van der Waals surface area (Å²) in [4.78, 5) is 24.8. The number of nitrogens with zero attached hydrogens (tertiary/aromatic N) is 4. The van der Waals surface area contributed by atoms with E-state index in [1.165, 1.54) is 49.7 Å². The van der Waals surface area contributed by atoms with Crippen molar-refractivity contribution in [2.24, 2.45) is 0 Å². The Balaban J connectivity index is 1.94. The summed E-state index contributed by atoms with van der Waals surface area (Å²) in [7, 11) is 1.41. The lowest BCUT2D eigenvalue weighted by Crippen LogP contribution is -2.27. The molecular weight excluding hydrogens is 444 g/mol. The van der Waals surface area contributed by atoms with Gasteiger partial charge in [-0.15, -0.1) is 0 Å². The number of hydrogen-bond donors (Lipinski definition) is 1. The normalized spacial score (nSPS) is 11.7. The van der Waals surface area contributed by atoms with Crippen molar-refractivity contribution in [3.05, 3.63) is 76.2 Å². The number of ether oxygens (including phenoxy) is 1. The van der Waals surface area contributed by atoms with Crippen LogP contribution in [0.15, 0.2) is 53.6 Å². The number of benzene rings is 1. The Hall–Kier alpha value is -4.02. The number of pyridine rings is 2. The summed E-state index contributed by atoms with van der Waals surface area (Å²) < 4.78 is 61.0. The summed E-state index contributed by atoms with van der Waals surface area (Å²) in [5, 5.41) is 9.52. The third-order valence-corrected chi connectivity index (χ3v) is 4.99. The van der Waals surface area contributed by atoms with Crippen LogP contribution in [-0.4, -0.2) is 31.7 Å². The molecule has 0 bridgehead atoms. The molecule has 0 fully saturated rings. The van der Waals surface area contributed by atoms with E-state index in [-0.39, 0.29) is 41.3 Å². The third-order valence-electron chi connectivity index (χ3n) is 4.99. The van der Waals surface area contributed by atoms with Crippen molar-refractivity contribution in [2.45, 2.75) is 19.1 Å². The molecule has 1 N–H and O–H groups in total. The Kier molecular flexibility index (Phi) is 5.71. The highest BCUT2D eigenvalue weighted by Crippen LogP contribution is 2.32. The fraction of sp³-hybridized carbons (Fsp3) is 0.182. The van der Waals surface area contributed by atoms with Crippen LogP contribution in [-0.2, 0) is 19.1 Å². The minimum Gasteiger partial charge on any atom is -0.506 e. The van der Waals surface area contributed by atoms with E-state index >= 15 is 0 Å². The van der Waals surface area contributed by atoms with Gasteiger partial charge in [0.2, 0.25) is 0 Å². The van der Waals surface area contributed by atoms with Gasteiger partial charge in [0.25, 0.3) is 5.56 Å². The summed E-state index contributed by atoms with van der Waals surface area (Å²) >= 11 is 0. The highest BCUT2D eigenvalue weighted by atomic mass is 19.4. The van der Waals surface area contributed by atoms with Crippen LogP contribution < -0.4 is 10.3 Å². The highest BCUT2D eigenvalue weighted by molar-refractivity contribution is 5.82. The summed E-state index contributed by atoms with van der Waals surface area (Å²) in [6.07, 6.45) is -2.73. The average molecular weight is 460 g/mol. The Morgan fingerprint density at radius 3 is 2.61 bits per heavy atom. The maximum absolute atomic E-state index is 14.3. The van der Waals surface area contributed by atoms with Gasteiger partial charge in [0, 0.05) is 18.9 Å². The first-order valence-electron chi connectivity index (χ1n) is 9.64.